The number of anilines is 4. The number of aromatic nitrogens is 2. The molecule has 0 unspecified atom stereocenters. The van der Waals surface area contributed by atoms with E-state index in [-0.39, 0.29) is 124 Å². The number of ether oxygens (including phenoxy) is 1. The van der Waals surface area contributed by atoms with Crippen LogP contribution in [-0.2, 0) is 42.7 Å². The number of hydrogen-bond acceptors (Lipinski definition) is 4. The number of pyridine rings is 1. The summed E-state index contributed by atoms with van der Waals surface area (Å²) in [5, 5.41) is 0.520. The van der Waals surface area contributed by atoms with E-state index in [1.54, 1.807) is 65.0 Å². The second kappa shape index (κ2) is 20.8. The quantitative estimate of drug-likeness (QED) is 0.135. The molecule has 5 nitrogen and oxygen atoms in total. The third-order valence-electron chi connectivity index (χ3n) is 15.5. The minimum Gasteiger partial charge on any atom is -0.509 e. The first kappa shape index (κ1) is 35.1. The van der Waals surface area contributed by atoms with Gasteiger partial charge in [-0.2, -0.15) is 12.1 Å². The summed E-state index contributed by atoms with van der Waals surface area (Å²) >= 11 is 0. The molecule has 0 saturated carbocycles. The molecular weight excluding hydrogens is 1180 g/mol. The molecule has 82 heavy (non-hydrogen) atoms. The first-order valence-electron chi connectivity index (χ1n) is 37.4. The molecule has 1 aliphatic heterocycles. The number of rotatable bonds is 9. The molecule has 0 saturated heterocycles. The molecule has 13 rings (SSSR count). The molecule has 11 aromatic rings. The van der Waals surface area contributed by atoms with E-state index >= 15 is 0 Å². The summed E-state index contributed by atoms with van der Waals surface area (Å²) in [5.74, 6) is 0.426. The third-order valence-corrected chi connectivity index (χ3v) is 15.5. The zero-order valence-electron chi connectivity index (χ0n) is 68.0. The number of benzene rings is 9. The summed E-state index contributed by atoms with van der Waals surface area (Å²) in [7, 11) is 0. The van der Waals surface area contributed by atoms with Gasteiger partial charge in [0, 0.05) is 78.0 Å². The van der Waals surface area contributed by atoms with Crippen LogP contribution in [0.5, 0.6) is 11.5 Å². The molecule has 6 heteroatoms. The first-order valence-corrected chi connectivity index (χ1v) is 26.9. The van der Waals surface area contributed by atoms with Crippen molar-refractivity contribution in [3.8, 4) is 61.8 Å². The Hall–Kier alpha value is -7.98. The van der Waals surface area contributed by atoms with E-state index in [4.69, 9.17) is 26.2 Å². The van der Waals surface area contributed by atoms with Crippen molar-refractivity contribution in [2.24, 2.45) is 0 Å². The molecular formula is C76H69N4OPt-3. The van der Waals surface area contributed by atoms with Crippen LogP contribution in [0.1, 0.15) is 133 Å². The second-order valence-corrected chi connectivity index (χ2v) is 24.0. The standard InChI is InChI=1S/C76H69N4O.Pt/c1-73(2,3)55-43-61(53-28-21-27-52(41-53)50-23-13-11-14-24-50)72(62(44-55)54-35-38-64-66(42-54)76(9,10)40-39-75(64,7)8)79-49-78(68-33-19-20-34-69(68)79)56-29-22-30-57(45-56)81-58-36-37-60-59-31-17-18-32-67(59)80(70(60)46-58)71-47-65(74(4,5)6)63(48-77-71)51-25-15-12-16-26-51;/h11-38,41-44,47-49H,39-40H2,1-10H3;/q-3;/i11D,12D,13D,14D,15D,16D,17D,18D,21D,23D,24D,25D,26D,27D,28D,31D,32D,35D,38D,41D,42D;. The normalized spacial score (nSPS) is 18.2. The SMILES string of the molecule is [2H]c1c([2H])c([2H])c(-c2cnc(-n3c4[c-]c(Oc5[c-]c(N6[CH-]N(c7c(-c8c([2H])c([2H])c([2H])c(-c9c([2H])c([2H])c([2H])c([2H])c9[2H])c8[2H])cc(C(C)(C)C)cc7-c7c([2H])c([2H])c8c(c7[2H])C(C)(C)CCC8(C)C)c7ccccc76)ccc5)ccc4c4c([2H])c([2H])c([2H])c([2H])c43)cc2C(C)(C)C)c([2H])c1[2H].[Pt]. The average molecular weight is 1270 g/mol. The molecule has 0 spiro atoms. The largest absolute Gasteiger partial charge is 0.509 e. The van der Waals surface area contributed by atoms with Gasteiger partial charge in [0.15, 0.2) is 0 Å². The third kappa shape index (κ3) is 9.85. The van der Waals surface area contributed by atoms with Crippen LogP contribution in [-0.4, -0.2) is 9.55 Å². The molecule has 0 fully saturated rings. The predicted octanol–water partition coefficient (Wildman–Crippen LogP) is 20.6. The Morgan fingerprint density at radius 3 is 1.88 bits per heavy atom. The van der Waals surface area contributed by atoms with Gasteiger partial charge in [-0.15, -0.1) is 48.1 Å². The van der Waals surface area contributed by atoms with E-state index in [0.717, 1.165) is 0 Å². The van der Waals surface area contributed by atoms with Crippen molar-refractivity contribution >= 4 is 44.6 Å². The summed E-state index contributed by atoms with van der Waals surface area (Å²) in [6.45, 7) is 21.3. The van der Waals surface area contributed by atoms with Gasteiger partial charge in [-0.1, -0.05) is 202 Å². The fourth-order valence-corrected chi connectivity index (χ4v) is 11.0. The summed E-state index contributed by atoms with van der Waals surface area (Å²) in [5.41, 5.74) is 0.776. The Morgan fingerprint density at radius 1 is 0.549 bits per heavy atom. The molecule has 0 bridgehead atoms. The molecule has 0 N–H and O–H groups in total. The average Bonchev–Trinajstić information content (AvgIpc) is 1.71. The molecule has 0 radical (unpaired) electrons. The van der Waals surface area contributed by atoms with Crippen LogP contribution in [0, 0.1) is 18.8 Å². The first-order chi connectivity index (χ1) is 47.6. The van der Waals surface area contributed by atoms with Crippen LogP contribution in [0.2, 0.25) is 0 Å². The van der Waals surface area contributed by atoms with Crippen LogP contribution in [0.4, 0.5) is 22.7 Å². The van der Waals surface area contributed by atoms with Crippen LogP contribution >= 0.6 is 0 Å². The predicted molar refractivity (Wildman–Crippen MR) is 339 cm³/mol. The van der Waals surface area contributed by atoms with Gasteiger partial charge in [-0.3, -0.25) is 0 Å². The molecule has 1 aliphatic carbocycles. The van der Waals surface area contributed by atoms with Gasteiger partial charge < -0.3 is 19.1 Å². The van der Waals surface area contributed by atoms with E-state index in [1.807, 2.05) is 93.5 Å². The minimum absolute atomic E-state index is 0. The number of fused-ring (bicyclic) bond motifs is 5. The van der Waals surface area contributed by atoms with E-state index in [2.05, 4.69) is 12.1 Å². The molecule has 412 valence electrons. The van der Waals surface area contributed by atoms with Crippen molar-refractivity contribution in [2.45, 2.75) is 104 Å². The summed E-state index contributed by atoms with van der Waals surface area (Å²) in [6, 6.07) is 17.0. The summed E-state index contributed by atoms with van der Waals surface area (Å²) in [4.78, 5) is 8.40. The fraction of sp³-hybridized carbons (Fsp3) is 0.211. The minimum atomic E-state index is -0.763. The maximum atomic E-state index is 10.4. The van der Waals surface area contributed by atoms with E-state index < -0.39 is 129 Å². The number of para-hydroxylation sites is 3. The Bertz CT molecular complexity index is 5450. The van der Waals surface area contributed by atoms with Gasteiger partial charge in [-0.05, 0) is 132 Å². The van der Waals surface area contributed by atoms with Crippen LogP contribution in [0.3, 0.4) is 0 Å². The summed E-state index contributed by atoms with van der Waals surface area (Å²) in [6.07, 6.45) is 2.75. The van der Waals surface area contributed by atoms with Crippen molar-refractivity contribution in [3.05, 3.63) is 247 Å². The van der Waals surface area contributed by atoms with Gasteiger partial charge in [0.05, 0.1) is 28.8 Å². The molecule has 0 amide bonds. The zero-order chi connectivity index (χ0) is 74.3. The number of hydrogen-bond donors (Lipinski definition) is 0. The fourth-order valence-electron chi connectivity index (χ4n) is 11.0. The Labute approximate surface area is 529 Å². The van der Waals surface area contributed by atoms with Crippen LogP contribution in [0.25, 0.3) is 72.1 Å². The maximum Gasteiger partial charge on any atom is 0.135 e. The van der Waals surface area contributed by atoms with Crippen molar-refractivity contribution in [1.82, 2.24) is 9.55 Å². The number of nitrogens with zero attached hydrogens (tertiary/aromatic N) is 4. The Balaban J connectivity index is 0.00001000. The topological polar surface area (TPSA) is 33.5 Å². The van der Waals surface area contributed by atoms with Gasteiger partial charge in [0.25, 0.3) is 0 Å². The maximum absolute atomic E-state index is 10.4. The molecule has 0 atom stereocenters. The van der Waals surface area contributed by atoms with Crippen molar-refractivity contribution in [2.75, 3.05) is 9.80 Å². The van der Waals surface area contributed by atoms with E-state index in [0.29, 0.717) is 57.5 Å². The van der Waals surface area contributed by atoms with Crippen LogP contribution < -0.4 is 14.5 Å². The van der Waals surface area contributed by atoms with Crippen LogP contribution in [0.15, 0.2) is 206 Å². The molecule has 2 aromatic heterocycles. The smallest absolute Gasteiger partial charge is 0.135 e. The van der Waals surface area contributed by atoms with Gasteiger partial charge in [0.2, 0.25) is 0 Å². The Morgan fingerprint density at radius 2 is 1.17 bits per heavy atom. The van der Waals surface area contributed by atoms with Gasteiger partial charge in [0.1, 0.15) is 5.82 Å². The monoisotopic (exact) mass is 1270 g/mol. The van der Waals surface area contributed by atoms with Crippen molar-refractivity contribution in [1.29, 1.82) is 0 Å². The van der Waals surface area contributed by atoms with Crippen molar-refractivity contribution in [3.63, 3.8) is 0 Å². The van der Waals surface area contributed by atoms with Gasteiger partial charge in [-0.25, -0.2) is 4.98 Å². The van der Waals surface area contributed by atoms with Crippen molar-refractivity contribution < 1.29 is 54.6 Å². The van der Waals surface area contributed by atoms with E-state index in [9.17, 15) is 12.3 Å². The summed E-state index contributed by atoms with van der Waals surface area (Å²) < 4.78 is 201. The zero-order valence-corrected chi connectivity index (χ0v) is 49.3. The van der Waals surface area contributed by atoms with E-state index in [1.165, 1.54) is 10.8 Å². The Kier molecular flexibility index (Phi) is 8.90. The van der Waals surface area contributed by atoms with Gasteiger partial charge >= 0.3 is 0 Å². The molecule has 3 heterocycles. The molecule has 2 aliphatic rings. The second-order valence-electron chi connectivity index (χ2n) is 24.0. The molecule has 9 aromatic carbocycles.